The molecule has 0 saturated carbocycles. The van der Waals surface area contributed by atoms with E-state index >= 15 is 0 Å². The summed E-state index contributed by atoms with van der Waals surface area (Å²) in [5, 5.41) is 0.564. The third-order valence-corrected chi connectivity index (χ3v) is 5.68. The molecule has 0 saturated heterocycles. The second-order valence-electron chi connectivity index (χ2n) is 6.24. The summed E-state index contributed by atoms with van der Waals surface area (Å²) < 4.78 is 0. The van der Waals surface area contributed by atoms with E-state index < -0.39 is 17.8 Å². The molecule has 5 nitrogen and oxygen atoms in total. The summed E-state index contributed by atoms with van der Waals surface area (Å²) in [6.07, 6.45) is 3.02. The number of rotatable bonds is 2. The van der Waals surface area contributed by atoms with E-state index in [1.54, 1.807) is 24.3 Å². The van der Waals surface area contributed by atoms with Gasteiger partial charge in [0.1, 0.15) is 4.88 Å². The molecule has 4 rings (SSSR count). The fourth-order valence-electron chi connectivity index (χ4n) is 3.18. The van der Waals surface area contributed by atoms with Crippen molar-refractivity contribution in [3.8, 4) is 0 Å². The quantitative estimate of drug-likeness (QED) is 0.787. The number of amides is 2. The number of thiophene rings is 1. The first-order chi connectivity index (χ1) is 11.5. The first-order valence-corrected chi connectivity index (χ1v) is 8.68. The highest BCUT2D eigenvalue weighted by molar-refractivity contribution is 7.14. The molecule has 2 heterocycles. The lowest BCUT2D eigenvalue weighted by Gasteiger charge is -2.16. The van der Waals surface area contributed by atoms with Gasteiger partial charge in [0.2, 0.25) is 0 Å². The van der Waals surface area contributed by atoms with Crippen LogP contribution in [-0.2, 0) is 17.7 Å². The van der Waals surface area contributed by atoms with Crippen molar-refractivity contribution < 1.29 is 19.2 Å². The highest BCUT2D eigenvalue weighted by atomic mass is 32.1. The molecule has 1 aromatic heterocycles. The maximum absolute atomic E-state index is 12.4. The highest BCUT2D eigenvalue weighted by Crippen LogP contribution is 2.33. The number of hydroxylamine groups is 2. The van der Waals surface area contributed by atoms with Crippen LogP contribution in [0.1, 0.15) is 54.2 Å². The summed E-state index contributed by atoms with van der Waals surface area (Å²) in [5.41, 5.74) is 1.69. The molecule has 122 valence electrons. The van der Waals surface area contributed by atoms with Crippen molar-refractivity contribution in [2.45, 2.75) is 26.2 Å². The number of hydrogen-bond acceptors (Lipinski definition) is 5. The molecule has 1 atom stereocenters. The average molecular weight is 341 g/mol. The molecule has 2 aromatic rings. The number of aryl methyl sites for hydroxylation is 1. The van der Waals surface area contributed by atoms with E-state index in [0.717, 1.165) is 19.3 Å². The van der Waals surface area contributed by atoms with Gasteiger partial charge >= 0.3 is 5.97 Å². The second kappa shape index (κ2) is 5.56. The van der Waals surface area contributed by atoms with Gasteiger partial charge in [-0.1, -0.05) is 24.1 Å². The Morgan fingerprint density at radius 1 is 1.21 bits per heavy atom. The summed E-state index contributed by atoms with van der Waals surface area (Å²) in [6, 6.07) is 8.27. The zero-order valence-corrected chi connectivity index (χ0v) is 13.9. The van der Waals surface area contributed by atoms with Crippen molar-refractivity contribution in [1.82, 2.24) is 5.06 Å². The first-order valence-electron chi connectivity index (χ1n) is 7.86. The van der Waals surface area contributed by atoms with Gasteiger partial charge in [0, 0.05) is 4.88 Å². The minimum absolute atomic E-state index is 0.259. The van der Waals surface area contributed by atoms with Gasteiger partial charge < -0.3 is 4.84 Å². The van der Waals surface area contributed by atoms with E-state index in [0.29, 0.717) is 15.9 Å². The van der Waals surface area contributed by atoms with Crippen molar-refractivity contribution in [2.75, 3.05) is 0 Å². The Balaban J connectivity index is 1.55. The van der Waals surface area contributed by atoms with Crippen LogP contribution in [0.3, 0.4) is 0 Å². The molecule has 1 aliphatic carbocycles. The van der Waals surface area contributed by atoms with Crippen LogP contribution in [0, 0.1) is 5.92 Å². The predicted molar refractivity (Wildman–Crippen MR) is 87.9 cm³/mol. The normalized spacial score (nSPS) is 19.2. The molecule has 24 heavy (non-hydrogen) atoms. The van der Waals surface area contributed by atoms with Gasteiger partial charge in [0.15, 0.2) is 0 Å². The molecule has 0 fully saturated rings. The van der Waals surface area contributed by atoms with Crippen molar-refractivity contribution in [1.29, 1.82) is 0 Å². The molecular formula is C18H15NO4S. The Morgan fingerprint density at radius 3 is 2.54 bits per heavy atom. The van der Waals surface area contributed by atoms with Crippen molar-refractivity contribution in [2.24, 2.45) is 5.92 Å². The van der Waals surface area contributed by atoms with Crippen LogP contribution in [0.5, 0.6) is 0 Å². The maximum atomic E-state index is 12.4. The fraction of sp³-hybridized carbons (Fsp3) is 0.278. The number of benzene rings is 1. The number of carbonyl (C=O) groups is 3. The van der Waals surface area contributed by atoms with Gasteiger partial charge in [-0.2, -0.15) is 0 Å². The third kappa shape index (κ3) is 2.34. The Kier molecular flexibility index (Phi) is 3.49. The van der Waals surface area contributed by atoms with Crippen molar-refractivity contribution >= 4 is 29.1 Å². The summed E-state index contributed by atoms with van der Waals surface area (Å²) in [7, 11) is 0. The van der Waals surface area contributed by atoms with E-state index in [9.17, 15) is 14.4 Å². The zero-order valence-electron chi connectivity index (χ0n) is 13.1. The second-order valence-corrected chi connectivity index (χ2v) is 7.37. The monoisotopic (exact) mass is 341 g/mol. The standard InChI is InChI=1S/C18H15NO4S/c1-10-6-7-14-11(8-10)9-15(24-14)18(22)23-19-16(20)12-4-2-3-5-13(12)17(19)21/h2-5,9-10H,6-8H2,1H3. The topological polar surface area (TPSA) is 63.7 Å². The molecule has 1 unspecified atom stereocenters. The molecule has 6 heteroatoms. The largest absolute Gasteiger partial charge is 0.373 e. The fourth-order valence-corrected chi connectivity index (χ4v) is 4.26. The molecular weight excluding hydrogens is 326 g/mol. The molecule has 0 spiro atoms. The highest BCUT2D eigenvalue weighted by Gasteiger charge is 2.39. The molecule has 1 aliphatic heterocycles. The third-order valence-electron chi connectivity index (χ3n) is 4.46. The molecule has 0 radical (unpaired) electrons. The lowest BCUT2D eigenvalue weighted by Crippen LogP contribution is -2.32. The number of fused-ring (bicyclic) bond motifs is 2. The number of carbonyl (C=O) groups excluding carboxylic acids is 3. The smallest absolute Gasteiger partial charge is 0.323 e. The lowest BCUT2D eigenvalue weighted by molar-refractivity contribution is -0.0581. The summed E-state index contributed by atoms with van der Waals surface area (Å²) in [4.78, 5) is 43.6. The van der Waals surface area contributed by atoms with Gasteiger partial charge in [-0.25, -0.2) is 4.79 Å². The van der Waals surface area contributed by atoms with E-state index in [2.05, 4.69) is 6.92 Å². The van der Waals surface area contributed by atoms with Crippen LogP contribution in [0.15, 0.2) is 30.3 Å². The van der Waals surface area contributed by atoms with Gasteiger partial charge in [0.05, 0.1) is 11.1 Å². The van der Waals surface area contributed by atoms with Gasteiger partial charge in [0.25, 0.3) is 11.8 Å². The summed E-state index contributed by atoms with van der Waals surface area (Å²) in [6.45, 7) is 2.19. The summed E-state index contributed by atoms with van der Waals surface area (Å²) >= 11 is 1.39. The van der Waals surface area contributed by atoms with E-state index in [-0.39, 0.29) is 11.1 Å². The van der Waals surface area contributed by atoms with Crippen LogP contribution < -0.4 is 0 Å². The van der Waals surface area contributed by atoms with E-state index in [1.807, 2.05) is 6.07 Å². The maximum Gasteiger partial charge on any atom is 0.373 e. The molecule has 1 aromatic carbocycles. The lowest BCUT2D eigenvalue weighted by atomic mass is 9.90. The molecule has 2 aliphatic rings. The predicted octanol–water partition coefficient (Wildman–Crippen LogP) is 3.24. The number of nitrogens with zero attached hydrogens (tertiary/aromatic N) is 1. The number of hydrogen-bond donors (Lipinski definition) is 0. The Morgan fingerprint density at radius 2 is 1.88 bits per heavy atom. The van der Waals surface area contributed by atoms with Crippen LogP contribution in [-0.4, -0.2) is 22.8 Å². The Bertz CT molecular complexity index is 835. The zero-order chi connectivity index (χ0) is 16.8. The molecule has 0 N–H and O–H groups in total. The van der Waals surface area contributed by atoms with E-state index in [4.69, 9.17) is 4.84 Å². The van der Waals surface area contributed by atoms with Crippen LogP contribution in [0.4, 0.5) is 0 Å². The Hall–Kier alpha value is -2.47. The Labute approximate surface area is 142 Å². The first kappa shape index (κ1) is 15.1. The van der Waals surface area contributed by atoms with Crippen LogP contribution in [0.25, 0.3) is 0 Å². The van der Waals surface area contributed by atoms with Crippen LogP contribution in [0.2, 0.25) is 0 Å². The SMILES string of the molecule is CC1CCc2sc(C(=O)ON3C(=O)c4ccccc4C3=O)cc2C1. The minimum Gasteiger partial charge on any atom is -0.323 e. The van der Waals surface area contributed by atoms with Crippen molar-refractivity contribution in [3.05, 3.63) is 56.8 Å². The van der Waals surface area contributed by atoms with Crippen LogP contribution >= 0.6 is 11.3 Å². The van der Waals surface area contributed by atoms with Gasteiger partial charge in [-0.3, -0.25) is 9.59 Å². The summed E-state index contributed by atoms with van der Waals surface area (Å²) in [5.74, 6) is -1.25. The molecule has 2 amide bonds. The van der Waals surface area contributed by atoms with Gasteiger partial charge in [-0.15, -0.1) is 11.3 Å². The number of imide groups is 1. The average Bonchev–Trinajstić information content (AvgIpc) is 3.10. The molecule has 0 bridgehead atoms. The minimum atomic E-state index is -0.656. The van der Waals surface area contributed by atoms with Gasteiger partial charge in [-0.05, 0) is 48.9 Å². The van der Waals surface area contributed by atoms with E-state index in [1.165, 1.54) is 21.8 Å². The van der Waals surface area contributed by atoms with Crippen molar-refractivity contribution in [3.63, 3.8) is 0 Å².